The van der Waals surface area contributed by atoms with Gasteiger partial charge in [-0.1, -0.05) is 80.4 Å². The molecule has 0 aliphatic heterocycles. The fraction of sp³-hybridized carbons (Fsp3) is 0.316. The van der Waals surface area contributed by atoms with Crippen molar-refractivity contribution in [3.8, 4) is 6.07 Å². The van der Waals surface area contributed by atoms with Gasteiger partial charge in [-0.3, -0.25) is 5.32 Å². The Morgan fingerprint density at radius 3 is 1.90 bits per heavy atom. The highest BCUT2D eigenvalue weighted by atomic mass is 14.9. The van der Waals surface area contributed by atoms with E-state index in [-0.39, 0.29) is 12.1 Å². The molecule has 1 N–H and O–H groups in total. The Labute approximate surface area is 127 Å². The Morgan fingerprint density at radius 1 is 0.952 bits per heavy atom. The first-order valence-corrected chi connectivity index (χ1v) is 7.60. The zero-order valence-corrected chi connectivity index (χ0v) is 12.5. The maximum Gasteiger partial charge on any atom is 0.0960 e. The maximum atomic E-state index is 9.38. The molecular weight excluding hydrogens is 256 g/mol. The number of hydrogen-bond acceptors (Lipinski definition) is 2. The lowest BCUT2D eigenvalue weighted by Crippen LogP contribution is -2.32. The van der Waals surface area contributed by atoms with Crippen LogP contribution in [-0.4, -0.2) is 6.04 Å². The van der Waals surface area contributed by atoms with Crippen molar-refractivity contribution in [3.05, 3.63) is 71.8 Å². The number of rotatable bonds is 7. The minimum absolute atomic E-state index is 0.0638. The summed E-state index contributed by atoms with van der Waals surface area (Å²) in [6.45, 7) is 2.15. The van der Waals surface area contributed by atoms with E-state index in [0.29, 0.717) is 0 Å². The molecular formula is C19H22N2. The van der Waals surface area contributed by atoms with Crippen LogP contribution in [0.25, 0.3) is 0 Å². The van der Waals surface area contributed by atoms with Gasteiger partial charge in [0.1, 0.15) is 0 Å². The summed E-state index contributed by atoms with van der Waals surface area (Å²) >= 11 is 0. The lowest BCUT2D eigenvalue weighted by Gasteiger charge is -2.23. The largest absolute Gasteiger partial charge is 0.291 e. The van der Waals surface area contributed by atoms with Crippen molar-refractivity contribution in [2.45, 2.75) is 38.3 Å². The number of unbranched alkanes of at least 4 members (excludes halogenated alkanes) is 1. The molecule has 2 aromatic carbocycles. The fourth-order valence-corrected chi connectivity index (χ4v) is 2.47. The minimum Gasteiger partial charge on any atom is -0.291 e. The van der Waals surface area contributed by atoms with Crippen LogP contribution in [0.5, 0.6) is 0 Å². The molecule has 0 heterocycles. The van der Waals surface area contributed by atoms with Crippen molar-refractivity contribution in [1.29, 1.82) is 5.26 Å². The van der Waals surface area contributed by atoms with Crippen LogP contribution in [0.2, 0.25) is 0 Å². The number of hydrogen-bond donors (Lipinski definition) is 1. The standard InChI is InChI=1S/C19H22N2/c1-2-3-14-18(15-20)21-19(16-10-6-4-7-11-16)17-12-8-5-9-13-17/h4-13,18-19,21H,2-3,14H2,1H3. The van der Waals surface area contributed by atoms with Crippen LogP contribution in [-0.2, 0) is 0 Å². The number of benzene rings is 2. The van der Waals surface area contributed by atoms with E-state index in [9.17, 15) is 5.26 Å². The molecule has 0 amide bonds. The summed E-state index contributed by atoms with van der Waals surface area (Å²) in [4.78, 5) is 0. The Bertz CT molecular complexity index is 518. The van der Waals surface area contributed by atoms with E-state index < -0.39 is 0 Å². The molecule has 2 rings (SSSR count). The van der Waals surface area contributed by atoms with E-state index in [4.69, 9.17) is 0 Å². The van der Waals surface area contributed by atoms with Crippen LogP contribution in [0.4, 0.5) is 0 Å². The predicted molar refractivity (Wildman–Crippen MR) is 86.8 cm³/mol. The first-order valence-electron chi connectivity index (χ1n) is 7.60. The van der Waals surface area contributed by atoms with Crippen molar-refractivity contribution in [2.24, 2.45) is 0 Å². The third-order valence-corrected chi connectivity index (χ3v) is 3.64. The van der Waals surface area contributed by atoms with Crippen molar-refractivity contribution in [3.63, 3.8) is 0 Å². The highest BCUT2D eigenvalue weighted by Gasteiger charge is 2.17. The lowest BCUT2D eigenvalue weighted by atomic mass is 9.97. The lowest BCUT2D eigenvalue weighted by molar-refractivity contribution is 0.499. The predicted octanol–water partition coefficient (Wildman–Crippen LogP) is 4.45. The summed E-state index contributed by atoms with van der Waals surface area (Å²) in [7, 11) is 0. The normalized spacial score (nSPS) is 12.0. The number of nitrogens with one attached hydrogen (secondary N) is 1. The Hall–Kier alpha value is -2.11. The summed E-state index contributed by atoms with van der Waals surface area (Å²) in [5, 5.41) is 12.9. The smallest absolute Gasteiger partial charge is 0.0960 e. The molecule has 1 atom stereocenters. The zero-order chi connectivity index (χ0) is 14.9. The summed E-state index contributed by atoms with van der Waals surface area (Å²) in [5.41, 5.74) is 2.39. The van der Waals surface area contributed by atoms with Crippen LogP contribution in [0.15, 0.2) is 60.7 Å². The first kappa shape index (κ1) is 15.3. The van der Waals surface area contributed by atoms with Gasteiger partial charge in [0.05, 0.1) is 18.2 Å². The molecule has 0 radical (unpaired) electrons. The van der Waals surface area contributed by atoms with Gasteiger partial charge in [-0.25, -0.2) is 0 Å². The molecule has 0 saturated carbocycles. The van der Waals surface area contributed by atoms with Crippen LogP contribution < -0.4 is 5.32 Å². The average molecular weight is 278 g/mol. The molecule has 0 aliphatic carbocycles. The van der Waals surface area contributed by atoms with E-state index >= 15 is 0 Å². The highest BCUT2D eigenvalue weighted by Crippen LogP contribution is 2.23. The molecule has 21 heavy (non-hydrogen) atoms. The van der Waals surface area contributed by atoms with Crippen LogP contribution in [0.3, 0.4) is 0 Å². The summed E-state index contributed by atoms with van der Waals surface area (Å²) < 4.78 is 0. The van der Waals surface area contributed by atoms with Crippen LogP contribution in [0.1, 0.15) is 43.4 Å². The molecule has 0 spiro atoms. The molecule has 108 valence electrons. The second kappa shape index (κ2) is 8.24. The molecule has 0 aromatic heterocycles. The molecule has 0 saturated heterocycles. The maximum absolute atomic E-state index is 9.38. The molecule has 0 fully saturated rings. The fourth-order valence-electron chi connectivity index (χ4n) is 2.47. The van der Waals surface area contributed by atoms with Crippen molar-refractivity contribution in [2.75, 3.05) is 0 Å². The second-order valence-electron chi connectivity index (χ2n) is 5.24. The van der Waals surface area contributed by atoms with Gasteiger partial charge in [0, 0.05) is 0 Å². The molecule has 2 aromatic rings. The molecule has 1 unspecified atom stereocenters. The van der Waals surface area contributed by atoms with Gasteiger partial charge in [-0.05, 0) is 17.5 Å². The van der Waals surface area contributed by atoms with Gasteiger partial charge in [0.15, 0.2) is 0 Å². The van der Waals surface area contributed by atoms with Gasteiger partial charge in [0.25, 0.3) is 0 Å². The SMILES string of the molecule is CCCCC(C#N)NC(c1ccccc1)c1ccccc1. The van der Waals surface area contributed by atoms with E-state index in [1.165, 1.54) is 11.1 Å². The van der Waals surface area contributed by atoms with Gasteiger partial charge in [-0.2, -0.15) is 5.26 Å². The van der Waals surface area contributed by atoms with Gasteiger partial charge in [-0.15, -0.1) is 0 Å². The van der Waals surface area contributed by atoms with Crippen molar-refractivity contribution in [1.82, 2.24) is 5.32 Å². The van der Waals surface area contributed by atoms with Crippen molar-refractivity contribution >= 4 is 0 Å². The zero-order valence-electron chi connectivity index (χ0n) is 12.5. The monoisotopic (exact) mass is 278 g/mol. The van der Waals surface area contributed by atoms with Crippen LogP contribution >= 0.6 is 0 Å². The van der Waals surface area contributed by atoms with Gasteiger partial charge < -0.3 is 0 Å². The van der Waals surface area contributed by atoms with Gasteiger partial charge >= 0.3 is 0 Å². The van der Waals surface area contributed by atoms with Crippen molar-refractivity contribution < 1.29 is 0 Å². The van der Waals surface area contributed by atoms with E-state index in [0.717, 1.165) is 19.3 Å². The summed E-state index contributed by atoms with van der Waals surface area (Å²) in [5.74, 6) is 0. The van der Waals surface area contributed by atoms with E-state index in [1.807, 2.05) is 36.4 Å². The molecule has 2 heteroatoms. The van der Waals surface area contributed by atoms with E-state index in [1.54, 1.807) is 0 Å². The van der Waals surface area contributed by atoms with E-state index in [2.05, 4.69) is 42.6 Å². The quantitative estimate of drug-likeness (QED) is 0.812. The first-order chi connectivity index (χ1) is 10.3. The topological polar surface area (TPSA) is 35.8 Å². The number of nitrogens with zero attached hydrogens (tertiary/aromatic N) is 1. The Balaban J connectivity index is 2.23. The summed E-state index contributed by atoms with van der Waals surface area (Å²) in [6.07, 6.45) is 3.08. The molecule has 0 aliphatic rings. The van der Waals surface area contributed by atoms with Crippen LogP contribution in [0, 0.1) is 11.3 Å². The summed E-state index contributed by atoms with van der Waals surface area (Å²) in [6, 6.07) is 23.0. The second-order valence-corrected chi connectivity index (χ2v) is 5.24. The minimum atomic E-state index is -0.115. The average Bonchev–Trinajstić information content (AvgIpc) is 2.57. The number of nitriles is 1. The Kier molecular flexibility index (Phi) is 5.99. The third kappa shape index (κ3) is 4.44. The Morgan fingerprint density at radius 2 is 1.48 bits per heavy atom. The van der Waals surface area contributed by atoms with Gasteiger partial charge in [0.2, 0.25) is 0 Å². The molecule has 2 nitrogen and oxygen atoms in total. The third-order valence-electron chi connectivity index (χ3n) is 3.64. The highest BCUT2D eigenvalue weighted by molar-refractivity contribution is 5.32. The molecule has 0 bridgehead atoms.